The number of ketones is 1. The first-order chi connectivity index (χ1) is 18.7. The molecular formula is C28H29ClN6O4. The lowest BCUT2D eigenvalue weighted by Crippen LogP contribution is -2.31. The summed E-state index contributed by atoms with van der Waals surface area (Å²) in [6, 6.07) is 11.2. The summed E-state index contributed by atoms with van der Waals surface area (Å²) in [5, 5.41) is 18.4. The molecule has 0 aliphatic rings. The van der Waals surface area contributed by atoms with Crippen LogP contribution in [0, 0.1) is 11.3 Å². The fraction of sp³-hybridized carbons (Fsp3) is 0.321. The van der Waals surface area contributed by atoms with Gasteiger partial charge in [-0.2, -0.15) is 5.26 Å². The molecule has 1 unspecified atom stereocenters. The Morgan fingerprint density at radius 2 is 1.92 bits per heavy atom. The number of nitriles is 1. The van der Waals surface area contributed by atoms with E-state index in [0.29, 0.717) is 46.1 Å². The molecule has 39 heavy (non-hydrogen) atoms. The van der Waals surface area contributed by atoms with Gasteiger partial charge in [0.2, 0.25) is 0 Å². The molecule has 0 fully saturated rings. The highest BCUT2D eigenvalue weighted by molar-refractivity contribution is 6.31. The molecule has 4 rings (SSSR count). The summed E-state index contributed by atoms with van der Waals surface area (Å²) >= 11 is 6.18. The number of Topliss-reactive ketones (excluding diaryl/α,β-unsaturated/α-hetero) is 1. The van der Waals surface area contributed by atoms with Gasteiger partial charge in [-0.05, 0) is 50.3 Å². The Morgan fingerprint density at radius 1 is 1.13 bits per heavy atom. The maximum atomic E-state index is 13.6. The molecule has 1 atom stereocenters. The summed E-state index contributed by atoms with van der Waals surface area (Å²) in [5.41, 5.74) is 2.28. The van der Waals surface area contributed by atoms with E-state index < -0.39 is 11.6 Å². The van der Waals surface area contributed by atoms with Crippen molar-refractivity contribution in [3.63, 3.8) is 0 Å². The van der Waals surface area contributed by atoms with Crippen LogP contribution in [0.1, 0.15) is 29.4 Å². The lowest BCUT2D eigenvalue weighted by Gasteiger charge is -2.21. The quantitative estimate of drug-likeness (QED) is 0.279. The zero-order valence-corrected chi connectivity index (χ0v) is 23.0. The molecular weight excluding hydrogens is 520 g/mol. The Labute approximate surface area is 231 Å². The number of halogens is 1. The van der Waals surface area contributed by atoms with Gasteiger partial charge in [-0.25, -0.2) is 0 Å². The topological polar surface area (TPSA) is 115 Å². The zero-order chi connectivity index (χ0) is 28.1. The summed E-state index contributed by atoms with van der Waals surface area (Å²) in [7, 11) is 6.90. The van der Waals surface area contributed by atoms with Crippen molar-refractivity contribution in [2.45, 2.75) is 25.4 Å². The van der Waals surface area contributed by atoms with Crippen LogP contribution in [0.15, 0.2) is 53.6 Å². The largest absolute Gasteiger partial charge is 0.495 e. The molecule has 0 aliphatic carbocycles. The number of methoxy groups -OCH3 is 2. The predicted octanol–water partition coefficient (Wildman–Crippen LogP) is 3.54. The van der Waals surface area contributed by atoms with Gasteiger partial charge in [-0.1, -0.05) is 17.7 Å². The maximum absolute atomic E-state index is 13.6. The van der Waals surface area contributed by atoms with Crippen LogP contribution in [0.25, 0.3) is 16.8 Å². The van der Waals surface area contributed by atoms with Crippen LogP contribution in [0.2, 0.25) is 5.02 Å². The van der Waals surface area contributed by atoms with Crippen molar-refractivity contribution in [2.75, 3.05) is 34.9 Å². The average molecular weight is 549 g/mol. The van der Waals surface area contributed by atoms with Gasteiger partial charge in [0.25, 0.3) is 5.56 Å². The third-order valence-electron chi connectivity index (χ3n) is 6.33. The number of rotatable bonds is 11. The lowest BCUT2D eigenvalue weighted by molar-refractivity contribution is -0.122. The third kappa shape index (κ3) is 6.17. The first-order valence-corrected chi connectivity index (χ1v) is 12.6. The summed E-state index contributed by atoms with van der Waals surface area (Å²) < 4.78 is 14.1. The van der Waals surface area contributed by atoms with E-state index in [4.69, 9.17) is 21.1 Å². The molecule has 3 aromatic heterocycles. The Hall–Kier alpha value is -4.04. The van der Waals surface area contributed by atoms with Crippen LogP contribution in [0.3, 0.4) is 0 Å². The average Bonchev–Trinajstić information content (AvgIpc) is 3.30. The minimum absolute atomic E-state index is 0.0906. The Morgan fingerprint density at radius 3 is 2.62 bits per heavy atom. The highest BCUT2D eigenvalue weighted by atomic mass is 35.5. The van der Waals surface area contributed by atoms with Gasteiger partial charge in [0.15, 0.2) is 17.3 Å². The number of benzene rings is 1. The minimum atomic E-state index is -0.798. The molecule has 0 radical (unpaired) electrons. The number of hydrogen-bond donors (Lipinski definition) is 0. The number of pyridine rings is 2. The molecule has 0 amide bonds. The van der Waals surface area contributed by atoms with Crippen LogP contribution in [-0.4, -0.2) is 64.8 Å². The van der Waals surface area contributed by atoms with Crippen molar-refractivity contribution in [3.05, 3.63) is 81.1 Å². The second-order valence-electron chi connectivity index (χ2n) is 9.36. The Kier molecular flexibility index (Phi) is 8.76. The summed E-state index contributed by atoms with van der Waals surface area (Å²) in [6.45, 7) is 0.869. The van der Waals surface area contributed by atoms with Gasteiger partial charge < -0.3 is 18.9 Å². The summed E-state index contributed by atoms with van der Waals surface area (Å²) in [6.07, 6.45) is 3.75. The fourth-order valence-electron chi connectivity index (χ4n) is 4.46. The van der Waals surface area contributed by atoms with Gasteiger partial charge in [-0.15, -0.1) is 10.2 Å². The van der Waals surface area contributed by atoms with Gasteiger partial charge in [0.05, 0.1) is 37.5 Å². The van der Waals surface area contributed by atoms with Crippen LogP contribution in [0.4, 0.5) is 0 Å². The molecule has 0 spiro atoms. The van der Waals surface area contributed by atoms with E-state index in [9.17, 15) is 14.9 Å². The number of hydrogen-bond acceptors (Lipinski definition) is 8. The van der Waals surface area contributed by atoms with E-state index >= 15 is 0 Å². The molecule has 10 nitrogen and oxygen atoms in total. The second-order valence-corrected chi connectivity index (χ2v) is 9.80. The number of fused-ring (bicyclic) bond motifs is 1. The fourth-order valence-corrected chi connectivity index (χ4v) is 4.64. The highest BCUT2D eigenvalue weighted by Crippen LogP contribution is 2.33. The first-order valence-electron chi connectivity index (χ1n) is 12.2. The smallest absolute Gasteiger partial charge is 0.252 e. The van der Waals surface area contributed by atoms with Crippen molar-refractivity contribution in [3.8, 4) is 22.9 Å². The van der Waals surface area contributed by atoms with E-state index in [-0.39, 0.29) is 18.8 Å². The van der Waals surface area contributed by atoms with E-state index in [1.807, 2.05) is 41.7 Å². The highest BCUT2D eigenvalue weighted by Gasteiger charge is 2.24. The third-order valence-corrected chi connectivity index (χ3v) is 6.56. The predicted molar refractivity (Wildman–Crippen MR) is 147 cm³/mol. The number of carbonyl (C=O) groups excluding carboxylic acids is 1. The van der Waals surface area contributed by atoms with E-state index in [1.165, 1.54) is 23.9 Å². The molecule has 4 aromatic rings. The normalized spacial score (nSPS) is 12.0. The van der Waals surface area contributed by atoms with Crippen molar-refractivity contribution >= 4 is 23.0 Å². The molecule has 3 heterocycles. The number of ether oxygens (including phenoxy) is 2. The summed E-state index contributed by atoms with van der Waals surface area (Å²) in [4.78, 5) is 29.0. The van der Waals surface area contributed by atoms with Crippen molar-refractivity contribution in [1.82, 2.24) is 24.1 Å². The van der Waals surface area contributed by atoms with Gasteiger partial charge in [0.1, 0.15) is 5.75 Å². The van der Waals surface area contributed by atoms with Gasteiger partial charge >= 0.3 is 0 Å². The Bertz CT molecular complexity index is 1600. The summed E-state index contributed by atoms with van der Waals surface area (Å²) in [5.74, 6) is 0.934. The number of aromatic nitrogens is 4. The van der Waals surface area contributed by atoms with E-state index in [2.05, 4.69) is 16.3 Å². The standard InChI is InChI=1S/C28H29ClN6O4/c1-33(2)17-27-32-31-26-8-5-18(15-35(26)27)11-24(36)23(9-10-38-3)34-16-25(39-4)22(13-28(34)37)21-12-20(29)7-6-19(21)14-30/h5-8,12-13,15-16,23H,9-11,17H2,1-4H3. The number of carbonyl (C=O) groups is 1. The van der Waals surface area contributed by atoms with Crippen molar-refractivity contribution in [1.29, 1.82) is 5.26 Å². The van der Waals surface area contributed by atoms with Crippen LogP contribution < -0.4 is 10.3 Å². The SMILES string of the molecule is COCCC(C(=O)Cc1ccc2nnc(CN(C)C)n2c1)n1cc(OC)c(-c2cc(Cl)ccc2C#N)cc1=O. The van der Waals surface area contributed by atoms with Crippen molar-refractivity contribution in [2.24, 2.45) is 0 Å². The van der Waals surface area contributed by atoms with E-state index in [1.54, 1.807) is 25.3 Å². The molecule has 0 N–H and O–H groups in total. The van der Waals surface area contributed by atoms with Crippen LogP contribution in [0.5, 0.6) is 5.75 Å². The number of nitrogens with zero attached hydrogens (tertiary/aromatic N) is 6. The zero-order valence-electron chi connectivity index (χ0n) is 22.2. The molecule has 11 heteroatoms. The molecule has 202 valence electrons. The first kappa shape index (κ1) is 28.0. The second kappa shape index (κ2) is 12.2. The van der Waals surface area contributed by atoms with Gasteiger partial charge in [0, 0.05) is 48.6 Å². The minimum Gasteiger partial charge on any atom is -0.495 e. The van der Waals surface area contributed by atoms with Crippen LogP contribution >= 0.6 is 11.6 Å². The van der Waals surface area contributed by atoms with Crippen molar-refractivity contribution < 1.29 is 14.3 Å². The monoisotopic (exact) mass is 548 g/mol. The van der Waals surface area contributed by atoms with E-state index in [0.717, 1.165) is 11.4 Å². The molecule has 0 saturated heterocycles. The molecule has 0 bridgehead atoms. The lowest BCUT2D eigenvalue weighted by atomic mass is 9.99. The molecule has 1 aromatic carbocycles. The van der Waals surface area contributed by atoms with Gasteiger partial charge in [-0.3, -0.25) is 14.0 Å². The molecule has 0 aliphatic heterocycles. The Balaban J connectivity index is 1.71. The molecule has 0 saturated carbocycles. The maximum Gasteiger partial charge on any atom is 0.252 e. The van der Waals surface area contributed by atoms with Crippen LogP contribution in [-0.2, 0) is 22.5 Å².